The Kier molecular flexibility index (Phi) is 5.43. The number of alkyl halides is 3. The van der Waals surface area contributed by atoms with E-state index < -0.39 is 23.2 Å². The van der Waals surface area contributed by atoms with Gasteiger partial charge in [-0.05, 0) is 36.7 Å². The van der Waals surface area contributed by atoms with Crippen LogP contribution in [0.4, 0.5) is 13.2 Å². The van der Waals surface area contributed by atoms with Gasteiger partial charge in [0.05, 0.1) is 18.4 Å². The number of hydrogen-bond donors (Lipinski definition) is 3. The molecule has 0 bridgehead atoms. The van der Waals surface area contributed by atoms with Crippen LogP contribution in [-0.4, -0.2) is 35.3 Å². The molecule has 1 aromatic carbocycles. The number of nitrogens with two attached hydrogens (primary N) is 1. The van der Waals surface area contributed by atoms with E-state index in [-0.39, 0.29) is 18.2 Å². The Balaban J connectivity index is 2.03. The van der Waals surface area contributed by atoms with E-state index in [1.54, 1.807) is 13.1 Å². The molecule has 0 saturated carbocycles. The van der Waals surface area contributed by atoms with Gasteiger partial charge < -0.3 is 15.8 Å². The molecule has 2 aliphatic rings. The van der Waals surface area contributed by atoms with E-state index in [0.717, 1.165) is 17.1 Å². The zero-order chi connectivity index (χ0) is 20.5. The van der Waals surface area contributed by atoms with Crippen LogP contribution in [0.15, 0.2) is 46.1 Å². The van der Waals surface area contributed by atoms with Gasteiger partial charge in [-0.2, -0.15) is 13.2 Å². The van der Waals surface area contributed by atoms with Gasteiger partial charge in [-0.25, -0.2) is 5.01 Å². The average Bonchev–Trinajstić information content (AvgIpc) is 2.63. The smallest absolute Gasteiger partial charge is 0.416 e. The number of ether oxygens (including phenoxy) is 1. The fourth-order valence-electron chi connectivity index (χ4n) is 2.61. The highest BCUT2D eigenvalue weighted by Crippen LogP contribution is 2.36. The first-order valence-electron chi connectivity index (χ1n) is 8.06. The van der Waals surface area contributed by atoms with Crippen LogP contribution in [0.25, 0.3) is 5.57 Å². The molecular formula is C17H16ClF3N6O. The Hall–Kier alpha value is -2.85. The molecule has 0 aliphatic carbocycles. The zero-order valence-electron chi connectivity index (χ0n) is 14.6. The predicted octanol–water partition coefficient (Wildman–Crippen LogP) is 3.09. The first-order chi connectivity index (χ1) is 13.2. The molecule has 4 N–H and O–H groups in total. The molecule has 0 fully saturated rings. The highest BCUT2D eigenvalue weighted by Gasteiger charge is 2.32. The lowest BCUT2D eigenvalue weighted by Crippen LogP contribution is -2.43. The molecule has 28 heavy (non-hydrogen) atoms. The van der Waals surface area contributed by atoms with Gasteiger partial charge in [-0.3, -0.25) is 10.4 Å². The lowest BCUT2D eigenvalue weighted by atomic mass is 10.0. The van der Waals surface area contributed by atoms with Crippen LogP contribution in [0.3, 0.4) is 0 Å². The van der Waals surface area contributed by atoms with E-state index in [0.29, 0.717) is 16.7 Å². The molecule has 0 radical (unpaired) electrons. The number of hydrogen-bond acceptors (Lipinski definition) is 6. The van der Waals surface area contributed by atoms with Crippen molar-refractivity contribution in [3.05, 3.63) is 47.2 Å². The third-order valence-electron chi connectivity index (χ3n) is 3.99. The van der Waals surface area contributed by atoms with Gasteiger partial charge in [0.15, 0.2) is 0 Å². The molecule has 0 saturated heterocycles. The van der Waals surface area contributed by atoms with Crippen LogP contribution >= 0.6 is 11.6 Å². The van der Waals surface area contributed by atoms with Crippen LogP contribution < -0.4 is 15.8 Å². The summed E-state index contributed by atoms with van der Waals surface area (Å²) in [5, 5.41) is 14.9. The molecule has 7 nitrogen and oxygen atoms in total. The number of halogens is 4. The van der Waals surface area contributed by atoms with Crippen LogP contribution in [-0.2, 0) is 6.18 Å². The standard InChI is InChI=1S/C17H16ClF3N6O/c1-9-4-14(22)27(16(18)23)26-15(9)28-13-5-11(17(19,20)21)2-3-12(13)10-6-24-8-25-7-10/h2-6,8,14,23H,7,22H2,1H3,(H,24,25). The Morgan fingerprint density at radius 3 is 2.79 bits per heavy atom. The van der Waals surface area contributed by atoms with Crippen LogP contribution in [0.1, 0.15) is 18.1 Å². The number of amidine groups is 1. The fourth-order valence-corrected chi connectivity index (χ4v) is 2.76. The molecule has 1 unspecified atom stereocenters. The van der Waals surface area contributed by atoms with Crippen molar-refractivity contribution in [3.63, 3.8) is 0 Å². The van der Waals surface area contributed by atoms with Gasteiger partial charge in [-0.15, -0.1) is 5.10 Å². The molecule has 2 aliphatic heterocycles. The molecule has 1 atom stereocenters. The lowest BCUT2D eigenvalue weighted by molar-refractivity contribution is -0.137. The summed E-state index contributed by atoms with van der Waals surface area (Å²) in [4.78, 5) is 4.06. The number of benzene rings is 1. The zero-order valence-corrected chi connectivity index (χ0v) is 15.3. The lowest BCUT2D eigenvalue weighted by Gasteiger charge is -2.27. The molecule has 1 aromatic rings. The molecule has 0 spiro atoms. The average molecular weight is 413 g/mol. The SMILES string of the molecule is CC1=CC(N)N(C(=N)Cl)N=C1Oc1cc(C(F)(F)F)ccc1C1=CNC=NC1. The first kappa shape index (κ1) is 19.9. The second-order valence-corrected chi connectivity index (χ2v) is 6.36. The maximum Gasteiger partial charge on any atom is 0.416 e. The maximum atomic E-state index is 13.2. The van der Waals surface area contributed by atoms with E-state index in [4.69, 9.17) is 27.5 Å². The Labute approximate surface area is 163 Å². The van der Waals surface area contributed by atoms with Crippen molar-refractivity contribution in [2.75, 3.05) is 6.54 Å². The number of hydrazone groups is 1. The van der Waals surface area contributed by atoms with E-state index in [1.165, 1.54) is 18.5 Å². The molecule has 0 amide bonds. The molecule has 148 valence electrons. The van der Waals surface area contributed by atoms with Crippen molar-refractivity contribution in [1.82, 2.24) is 10.3 Å². The molecule has 0 aromatic heterocycles. The minimum absolute atomic E-state index is 0.0134. The van der Waals surface area contributed by atoms with Gasteiger partial charge in [-0.1, -0.05) is 6.07 Å². The fraction of sp³-hybridized carbons (Fsp3) is 0.235. The van der Waals surface area contributed by atoms with Gasteiger partial charge in [0.25, 0.3) is 0 Å². The van der Waals surface area contributed by atoms with Crippen molar-refractivity contribution in [2.24, 2.45) is 15.8 Å². The van der Waals surface area contributed by atoms with Crippen molar-refractivity contribution in [2.45, 2.75) is 19.3 Å². The highest BCUT2D eigenvalue weighted by atomic mass is 35.5. The Morgan fingerprint density at radius 1 is 1.43 bits per heavy atom. The first-order valence-corrected chi connectivity index (χ1v) is 8.43. The normalized spacial score (nSPS) is 19.4. The minimum atomic E-state index is -4.54. The Bertz CT molecular complexity index is 922. The topological polar surface area (TPSA) is 99.1 Å². The second-order valence-electron chi connectivity index (χ2n) is 6.00. The maximum absolute atomic E-state index is 13.2. The van der Waals surface area contributed by atoms with Crippen molar-refractivity contribution in [1.29, 1.82) is 5.41 Å². The summed E-state index contributed by atoms with van der Waals surface area (Å²) in [5.41, 5.74) is 6.54. The summed E-state index contributed by atoms with van der Waals surface area (Å²) in [6.45, 7) is 1.92. The van der Waals surface area contributed by atoms with Crippen LogP contribution in [0.5, 0.6) is 5.75 Å². The van der Waals surface area contributed by atoms with Gasteiger partial charge in [0, 0.05) is 22.9 Å². The molecule has 11 heteroatoms. The van der Waals surface area contributed by atoms with Crippen LogP contribution in [0, 0.1) is 5.41 Å². The molecule has 3 rings (SSSR count). The third kappa shape index (κ3) is 4.18. The van der Waals surface area contributed by atoms with Gasteiger partial charge in [0.2, 0.25) is 11.2 Å². The summed E-state index contributed by atoms with van der Waals surface area (Å²) in [6, 6.07) is 3.20. The molecule has 2 heterocycles. The predicted molar refractivity (Wildman–Crippen MR) is 101 cm³/mol. The monoisotopic (exact) mass is 412 g/mol. The minimum Gasteiger partial charge on any atom is -0.437 e. The highest BCUT2D eigenvalue weighted by molar-refractivity contribution is 6.63. The number of nitrogens with one attached hydrogen (secondary N) is 2. The van der Waals surface area contributed by atoms with Crippen molar-refractivity contribution < 1.29 is 17.9 Å². The van der Waals surface area contributed by atoms with Crippen LogP contribution in [0.2, 0.25) is 0 Å². The third-order valence-corrected chi connectivity index (χ3v) is 4.16. The summed E-state index contributed by atoms with van der Waals surface area (Å²) in [6.07, 6.45) is -0.668. The summed E-state index contributed by atoms with van der Waals surface area (Å²) in [5.74, 6) is -0.0662. The number of aliphatic imine (C=N–C) groups is 1. The van der Waals surface area contributed by atoms with Crippen molar-refractivity contribution >= 4 is 34.7 Å². The summed E-state index contributed by atoms with van der Waals surface area (Å²) >= 11 is 5.66. The van der Waals surface area contributed by atoms with E-state index in [2.05, 4.69) is 15.4 Å². The van der Waals surface area contributed by atoms with Gasteiger partial charge in [0.1, 0.15) is 11.9 Å². The Morgan fingerprint density at radius 2 is 2.18 bits per heavy atom. The number of rotatable bonds is 2. The van der Waals surface area contributed by atoms with Gasteiger partial charge >= 0.3 is 6.18 Å². The van der Waals surface area contributed by atoms with E-state index in [1.807, 2.05) is 0 Å². The van der Waals surface area contributed by atoms with Crippen molar-refractivity contribution in [3.8, 4) is 5.75 Å². The summed E-state index contributed by atoms with van der Waals surface area (Å²) < 4.78 is 45.3. The molecular weight excluding hydrogens is 397 g/mol. The quantitative estimate of drug-likeness (QED) is 0.395. The second kappa shape index (κ2) is 7.64. The number of nitrogens with zero attached hydrogens (tertiary/aromatic N) is 3. The van der Waals surface area contributed by atoms with E-state index >= 15 is 0 Å². The van der Waals surface area contributed by atoms with E-state index in [9.17, 15) is 13.2 Å². The summed E-state index contributed by atoms with van der Waals surface area (Å²) in [7, 11) is 0. The largest absolute Gasteiger partial charge is 0.437 e.